The maximum absolute atomic E-state index is 11.3. The van der Waals surface area contributed by atoms with Gasteiger partial charge in [0.05, 0.1) is 0 Å². The Morgan fingerprint density at radius 3 is 2.83 bits per heavy atom. The molecule has 0 unspecified atom stereocenters. The van der Waals surface area contributed by atoms with Crippen molar-refractivity contribution in [3.05, 3.63) is 34.5 Å². The summed E-state index contributed by atoms with van der Waals surface area (Å²) in [4.78, 5) is 18.4. The van der Waals surface area contributed by atoms with Gasteiger partial charge in [0.1, 0.15) is 5.82 Å². The number of pyridine rings is 1. The van der Waals surface area contributed by atoms with Crippen molar-refractivity contribution in [1.82, 2.24) is 20.2 Å². The van der Waals surface area contributed by atoms with E-state index in [1.807, 2.05) is 6.07 Å². The van der Waals surface area contributed by atoms with Gasteiger partial charge in [-0.2, -0.15) is 5.10 Å². The van der Waals surface area contributed by atoms with Crippen LogP contribution in [0.2, 0.25) is 0 Å². The number of H-pyrrole nitrogens is 2. The lowest BCUT2D eigenvalue weighted by molar-refractivity contribution is 0.429. The van der Waals surface area contributed by atoms with E-state index in [2.05, 4.69) is 20.2 Å². The van der Waals surface area contributed by atoms with Crippen LogP contribution >= 0.6 is 0 Å². The normalized spacial score (nSPS) is 16.9. The van der Waals surface area contributed by atoms with Gasteiger partial charge in [0, 0.05) is 23.7 Å². The highest BCUT2D eigenvalue weighted by Crippen LogP contribution is 2.31. The Morgan fingerprint density at radius 1 is 1.22 bits per heavy atom. The molecule has 94 valence electrons. The van der Waals surface area contributed by atoms with Gasteiger partial charge in [0.15, 0.2) is 5.82 Å². The van der Waals surface area contributed by atoms with Crippen LogP contribution in [0.4, 0.5) is 0 Å². The van der Waals surface area contributed by atoms with E-state index < -0.39 is 0 Å². The molecule has 0 radical (unpaired) electrons. The van der Waals surface area contributed by atoms with Crippen LogP contribution < -0.4 is 5.56 Å². The fraction of sp³-hybridized carbons (Fsp3) is 0.462. The summed E-state index contributed by atoms with van der Waals surface area (Å²) in [5.74, 6) is 2.08. The summed E-state index contributed by atoms with van der Waals surface area (Å²) in [5.41, 5.74) is 0.633. The van der Waals surface area contributed by atoms with Crippen molar-refractivity contribution >= 4 is 0 Å². The summed E-state index contributed by atoms with van der Waals surface area (Å²) in [5, 5.41) is 7.23. The van der Waals surface area contributed by atoms with Crippen LogP contribution in [-0.4, -0.2) is 20.2 Å². The summed E-state index contributed by atoms with van der Waals surface area (Å²) >= 11 is 0. The zero-order valence-electron chi connectivity index (χ0n) is 10.1. The lowest BCUT2D eigenvalue weighted by Crippen LogP contribution is -2.06. The van der Waals surface area contributed by atoms with Gasteiger partial charge in [0.25, 0.3) is 0 Å². The topological polar surface area (TPSA) is 74.4 Å². The molecule has 1 aliphatic carbocycles. The predicted molar refractivity (Wildman–Crippen MR) is 68.3 cm³/mol. The lowest BCUT2D eigenvalue weighted by Gasteiger charge is -2.18. The first kappa shape index (κ1) is 11.2. The van der Waals surface area contributed by atoms with Crippen LogP contribution in [0, 0.1) is 0 Å². The molecule has 5 nitrogen and oxygen atoms in total. The minimum absolute atomic E-state index is 0.128. The fourth-order valence-corrected chi connectivity index (χ4v) is 2.55. The molecule has 18 heavy (non-hydrogen) atoms. The third kappa shape index (κ3) is 2.20. The maximum Gasteiger partial charge on any atom is 0.248 e. The SMILES string of the molecule is O=c1cc(-c2n[nH]c(C3CCCCC3)n2)cc[nH]1. The number of rotatable bonds is 2. The quantitative estimate of drug-likeness (QED) is 0.850. The molecular formula is C13H16N4O. The molecule has 2 N–H and O–H groups in total. The first-order valence-electron chi connectivity index (χ1n) is 6.44. The molecule has 1 saturated carbocycles. The first-order chi connectivity index (χ1) is 8.83. The molecule has 0 atom stereocenters. The van der Waals surface area contributed by atoms with Gasteiger partial charge < -0.3 is 4.98 Å². The van der Waals surface area contributed by atoms with Gasteiger partial charge >= 0.3 is 0 Å². The van der Waals surface area contributed by atoms with Crippen molar-refractivity contribution in [2.24, 2.45) is 0 Å². The number of nitrogens with one attached hydrogen (secondary N) is 2. The molecule has 0 saturated heterocycles. The van der Waals surface area contributed by atoms with Crippen LogP contribution in [0.5, 0.6) is 0 Å². The standard InChI is InChI=1S/C13H16N4O/c18-11-8-10(6-7-14-11)13-15-12(16-17-13)9-4-2-1-3-5-9/h6-9H,1-5H2,(H,14,18)(H,15,16,17). The summed E-state index contributed by atoms with van der Waals surface area (Å²) in [6, 6.07) is 3.34. The smallest absolute Gasteiger partial charge is 0.248 e. The predicted octanol–water partition coefficient (Wildman–Crippen LogP) is 2.21. The Bertz CT molecular complexity index is 580. The molecule has 3 rings (SSSR count). The van der Waals surface area contributed by atoms with Gasteiger partial charge in [-0.25, -0.2) is 4.98 Å². The van der Waals surface area contributed by atoms with E-state index in [4.69, 9.17) is 0 Å². The second-order valence-corrected chi connectivity index (χ2v) is 4.82. The van der Waals surface area contributed by atoms with E-state index in [0.717, 1.165) is 11.4 Å². The van der Waals surface area contributed by atoms with Crippen LogP contribution in [0.15, 0.2) is 23.1 Å². The zero-order valence-corrected chi connectivity index (χ0v) is 10.1. The molecular weight excluding hydrogens is 228 g/mol. The number of nitrogens with zero attached hydrogens (tertiary/aromatic N) is 2. The summed E-state index contributed by atoms with van der Waals surface area (Å²) in [7, 11) is 0. The highest BCUT2D eigenvalue weighted by Gasteiger charge is 2.19. The van der Waals surface area contributed by atoms with Crippen molar-refractivity contribution in [2.75, 3.05) is 0 Å². The fourth-order valence-electron chi connectivity index (χ4n) is 2.55. The maximum atomic E-state index is 11.3. The molecule has 0 aliphatic heterocycles. The molecule has 0 bridgehead atoms. The number of aromatic amines is 2. The molecule has 1 aliphatic rings. The van der Waals surface area contributed by atoms with Crippen molar-refractivity contribution in [3.63, 3.8) is 0 Å². The third-order valence-electron chi connectivity index (χ3n) is 3.53. The van der Waals surface area contributed by atoms with Crippen LogP contribution in [0.1, 0.15) is 43.8 Å². The molecule has 2 aromatic rings. The highest BCUT2D eigenvalue weighted by molar-refractivity contribution is 5.53. The van der Waals surface area contributed by atoms with Crippen molar-refractivity contribution in [1.29, 1.82) is 0 Å². The largest absolute Gasteiger partial charge is 0.329 e. The van der Waals surface area contributed by atoms with Crippen LogP contribution in [0.3, 0.4) is 0 Å². The van der Waals surface area contributed by atoms with Crippen LogP contribution in [0.25, 0.3) is 11.4 Å². The molecule has 2 aromatic heterocycles. The van der Waals surface area contributed by atoms with Crippen molar-refractivity contribution in [3.8, 4) is 11.4 Å². The van der Waals surface area contributed by atoms with E-state index in [1.165, 1.54) is 38.2 Å². The zero-order chi connectivity index (χ0) is 12.4. The molecule has 5 heteroatoms. The number of hydrogen-bond donors (Lipinski definition) is 2. The third-order valence-corrected chi connectivity index (χ3v) is 3.53. The van der Waals surface area contributed by atoms with Gasteiger partial charge in [-0.05, 0) is 18.9 Å². The first-order valence-corrected chi connectivity index (χ1v) is 6.44. The Hall–Kier alpha value is -1.91. The van der Waals surface area contributed by atoms with E-state index in [1.54, 1.807) is 6.20 Å². The minimum atomic E-state index is -0.128. The molecule has 0 aromatic carbocycles. The van der Waals surface area contributed by atoms with E-state index in [0.29, 0.717) is 11.7 Å². The van der Waals surface area contributed by atoms with Crippen molar-refractivity contribution < 1.29 is 0 Å². The van der Waals surface area contributed by atoms with E-state index >= 15 is 0 Å². The van der Waals surface area contributed by atoms with E-state index in [-0.39, 0.29) is 5.56 Å². The summed E-state index contributed by atoms with van der Waals surface area (Å²) in [6.45, 7) is 0. The average Bonchev–Trinajstić information content (AvgIpc) is 2.89. The molecule has 0 amide bonds. The number of hydrogen-bond acceptors (Lipinski definition) is 3. The lowest BCUT2D eigenvalue weighted by atomic mass is 9.89. The van der Waals surface area contributed by atoms with Gasteiger partial charge in [-0.1, -0.05) is 19.3 Å². The second-order valence-electron chi connectivity index (χ2n) is 4.82. The summed E-state index contributed by atoms with van der Waals surface area (Å²) in [6.07, 6.45) is 7.85. The Labute approximate surface area is 105 Å². The molecule has 1 fully saturated rings. The highest BCUT2D eigenvalue weighted by atomic mass is 16.1. The average molecular weight is 244 g/mol. The van der Waals surface area contributed by atoms with Gasteiger partial charge in [0.2, 0.25) is 5.56 Å². The summed E-state index contributed by atoms with van der Waals surface area (Å²) < 4.78 is 0. The van der Waals surface area contributed by atoms with Crippen molar-refractivity contribution in [2.45, 2.75) is 38.0 Å². The monoisotopic (exact) mass is 244 g/mol. The van der Waals surface area contributed by atoms with Crippen LogP contribution in [-0.2, 0) is 0 Å². The Kier molecular flexibility index (Phi) is 2.96. The van der Waals surface area contributed by atoms with E-state index in [9.17, 15) is 4.79 Å². The Morgan fingerprint density at radius 2 is 2.06 bits per heavy atom. The molecule has 2 heterocycles. The van der Waals surface area contributed by atoms with Gasteiger partial charge in [-0.15, -0.1) is 0 Å². The second kappa shape index (κ2) is 4.76. The van der Waals surface area contributed by atoms with Gasteiger partial charge in [-0.3, -0.25) is 9.89 Å². The molecule has 0 spiro atoms. The minimum Gasteiger partial charge on any atom is -0.329 e. The number of aromatic nitrogens is 4. The Balaban J connectivity index is 1.86.